The van der Waals surface area contributed by atoms with Gasteiger partial charge in [-0.3, -0.25) is 0 Å². The van der Waals surface area contributed by atoms with Crippen LogP contribution in [0.3, 0.4) is 0 Å². The average molecular weight is 238 g/mol. The van der Waals surface area contributed by atoms with E-state index in [1.807, 2.05) is 0 Å². The Morgan fingerprint density at radius 2 is 1.75 bits per heavy atom. The minimum atomic E-state index is -3.59. The molecule has 0 saturated heterocycles. The maximum atomic E-state index is 13.9. The third-order valence-corrected chi connectivity index (χ3v) is 2.64. The molecule has 0 radical (unpaired) electrons. The van der Waals surface area contributed by atoms with Crippen molar-refractivity contribution in [1.82, 2.24) is 0 Å². The first-order valence-corrected chi connectivity index (χ1v) is 5.24. The topological polar surface area (TPSA) is 0 Å². The van der Waals surface area contributed by atoms with E-state index in [1.165, 1.54) is 13.0 Å². The van der Waals surface area contributed by atoms with E-state index < -0.39 is 23.0 Å². The number of halogens is 4. The van der Waals surface area contributed by atoms with Gasteiger partial charge in [-0.25, -0.2) is 17.6 Å². The minimum Gasteiger partial charge on any atom is -0.233 e. The Morgan fingerprint density at radius 3 is 2.06 bits per heavy atom. The highest BCUT2D eigenvalue weighted by Crippen LogP contribution is 2.41. The third kappa shape index (κ3) is 3.35. The molecule has 0 aliphatic rings. The Morgan fingerprint density at radius 1 is 1.25 bits per heavy atom. The number of hydrogen-bond donors (Lipinski definition) is 0. The largest absolute Gasteiger partial charge is 0.282 e. The Hall–Kier alpha value is -0.800. The smallest absolute Gasteiger partial charge is 0.233 e. The highest BCUT2D eigenvalue weighted by atomic mass is 19.3. The van der Waals surface area contributed by atoms with E-state index in [0.717, 1.165) is 6.92 Å². The van der Waals surface area contributed by atoms with Gasteiger partial charge in [-0.1, -0.05) is 13.0 Å². The summed E-state index contributed by atoms with van der Waals surface area (Å²) in [6, 6.07) is 0. The lowest BCUT2D eigenvalue weighted by molar-refractivity contribution is -0.0962. The number of allylic oxidation sites excluding steroid dienone is 3. The van der Waals surface area contributed by atoms with Gasteiger partial charge < -0.3 is 0 Å². The molecule has 1 atom stereocenters. The van der Waals surface area contributed by atoms with Crippen molar-refractivity contribution in [2.75, 3.05) is 0 Å². The van der Waals surface area contributed by atoms with Gasteiger partial charge in [-0.05, 0) is 19.8 Å². The normalized spacial score (nSPS) is 17.7. The van der Waals surface area contributed by atoms with E-state index in [9.17, 15) is 17.6 Å². The summed E-state index contributed by atoms with van der Waals surface area (Å²) in [6.45, 7) is 6.05. The molecule has 0 N–H and O–H groups in total. The molecule has 4 heteroatoms. The lowest BCUT2D eigenvalue weighted by atomic mass is 9.88. The zero-order chi connectivity index (χ0) is 13.0. The first-order chi connectivity index (χ1) is 7.18. The van der Waals surface area contributed by atoms with Crippen molar-refractivity contribution in [3.8, 4) is 0 Å². The molecule has 0 aromatic heterocycles. The van der Waals surface area contributed by atoms with Gasteiger partial charge >= 0.3 is 0 Å². The molecule has 0 amide bonds. The van der Waals surface area contributed by atoms with Crippen LogP contribution in [0.25, 0.3) is 0 Å². The van der Waals surface area contributed by atoms with E-state index >= 15 is 0 Å². The Kier molecular flexibility index (Phi) is 5.23. The predicted molar refractivity (Wildman–Crippen MR) is 58.0 cm³/mol. The molecule has 0 aromatic carbocycles. The van der Waals surface area contributed by atoms with Gasteiger partial charge in [0.2, 0.25) is 0 Å². The van der Waals surface area contributed by atoms with Gasteiger partial charge in [0.1, 0.15) is 5.83 Å². The van der Waals surface area contributed by atoms with Crippen molar-refractivity contribution >= 4 is 0 Å². The quantitative estimate of drug-likeness (QED) is 0.452. The molecule has 0 aliphatic heterocycles. The van der Waals surface area contributed by atoms with Gasteiger partial charge in [0, 0.05) is 18.9 Å². The highest BCUT2D eigenvalue weighted by molar-refractivity contribution is 5.23. The molecule has 1 unspecified atom stereocenters. The van der Waals surface area contributed by atoms with Crippen LogP contribution in [0.4, 0.5) is 17.6 Å². The molecule has 94 valence electrons. The number of hydrogen-bond acceptors (Lipinski definition) is 0. The van der Waals surface area contributed by atoms with Crippen LogP contribution in [0.1, 0.15) is 40.0 Å². The van der Waals surface area contributed by atoms with Gasteiger partial charge in [0.05, 0.1) is 0 Å². The second-order valence-corrected chi connectivity index (χ2v) is 3.96. The van der Waals surface area contributed by atoms with Crippen molar-refractivity contribution in [2.45, 2.75) is 51.6 Å². The maximum Gasteiger partial charge on any atom is 0.282 e. The summed E-state index contributed by atoms with van der Waals surface area (Å²) >= 11 is 0. The van der Waals surface area contributed by atoms with Crippen LogP contribution in [-0.2, 0) is 0 Å². The van der Waals surface area contributed by atoms with E-state index in [-0.39, 0.29) is 12.8 Å². The highest BCUT2D eigenvalue weighted by Gasteiger charge is 2.50. The summed E-state index contributed by atoms with van der Waals surface area (Å²) in [4.78, 5) is 0. The van der Waals surface area contributed by atoms with Crippen molar-refractivity contribution in [3.63, 3.8) is 0 Å². The fourth-order valence-corrected chi connectivity index (χ4v) is 1.42. The van der Waals surface area contributed by atoms with Crippen LogP contribution < -0.4 is 0 Å². The van der Waals surface area contributed by atoms with Gasteiger partial charge in [0.15, 0.2) is 5.67 Å². The predicted octanol–water partition coefficient (Wildman–Crippen LogP) is 4.97. The van der Waals surface area contributed by atoms with Crippen LogP contribution in [0, 0.1) is 0 Å². The second-order valence-electron chi connectivity index (χ2n) is 3.96. The standard InChI is InChI=1S/C12H18F4/c1-5-7-8-10(13)9(6-2)11(3,14)12(4,15)16/h5H,1,6-8H2,2-4H3. The molecular weight excluding hydrogens is 220 g/mol. The van der Waals surface area contributed by atoms with Crippen LogP contribution in [0.15, 0.2) is 24.1 Å². The SMILES string of the molecule is C=CCCC(F)=C(CC)C(C)(F)C(C)(F)F. The Balaban J connectivity index is 5.18. The molecule has 0 heterocycles. The van der Waals surface area contributed by atoms with E-state index in [0.29, 0.717) is 13.3 Å². The van der Waals surface area contributed by atoms with Gasteiger partial charge in [-0.2, -0.15) is 0 Å². The summed E-state index contributed by atoms with van der Waals surface area (Å²) in [5, 5.41) is 0. The van der Waals surface area contributed by atoms with Crippen molar-refractivity contribution in [1.29, 1.82) is 0 Å². The second kappa shape index (κ2) is 5.51. The maximum absolute atomic E-state index is 13.9. The van der Waals surface area contributed by atoms with E-state index in [1.54, 1.807) is 0 Å². The lowest BCUT2D eigenvalue weighted by Crippen LogP contribution is -2.41. The molecule has 0 nitrogen and oxygen atoms in total. The summed E-state index contributed by atoms with van der Waals surface area (Å²) < 4.78 is 53.5. The summed E-state index contributed by atoms with van der Waals surface area (Å²) in [6.07, 6.45) is 1.62. The van der Waals surface area contributed by atoms with Crippen molar-refractivity contribution in [2.24, 2.45) is 0 Å². The van der Waals surface area contributed by atoms with Gasteiger partial charge in [0.25, 0.3) is 5.92 Å². The van der Waals surface area contributed by atoms with Crippen molar-refractivity contribution in [3.05, 3.63) is 24.1 Å². The zero-order valence-corrected chi connectivity index (χ0v) is 9.92. The molecule has 0 rings (SSSR count). The Labute approximate surface area is 94.0 Å². The number of rotatable bonds is 6. The molecule has 16 heavy (non-hydrogen) atoms. The first kappa shape index (κ1) is 15.2. The Bertz CT molecular complexity index is 271. The van der Waals surface area contributed by atoms with Crippen LogP contribution in [-0.4, -0.2) is 11.6 Å². The van der Waals surface area contributed by atoms with Gasteiger partial charge in [-0.15, -0.1) is 6.58 Å². The first-order valence-electron chi connectivity index (χ1n) is 5.24. The lowest BCUT2D eigenvalue weighted by Gasteiger charge is -2.30. The van der Waals surface area contributed by atoms with E-state index in [4.69, 9.17) is 0 Å². The zero-order valence-electron chi connectivity index (χ0n) is 9.92. The summed E-state index contributed by atoms with van der Waals surface area (Å²) in [5.41, 5.74) is -3.39. The molecule has 0 bridgehead atoms. The van der Waals surface area contributed by atoms with Crippen molar-refractivity contribution < 1.29 is 17.6 Å². The average Bonchev–Trinajstić information content (AvgIpc) is 2.13. The molecule has 0 saturated carbocycles. The van der Waals surface area contributed by atoms with Crippen LogP contribution in [0.2, 0.25) is 0 Å². The third-order valence-electron chi connectivity index (χ3n) is 2.64. The monoisotopic (exact) mass is 238 g/mol. The molecule has 0 fully saturated rings. The molecule has 0 spiro atoms. The summed E-state index contributed by atoms with van der Waals surface area (Å²) in [5.74, 6) is -4.39. The molecule has 0 aliphatic carbocycles. The fraction of sp³-hybridized carbons (Fsp3) is 0.667. The fourth-order valence-electron chi connectivity index (χ4n) is 1.42. The molecule has 0 aromatic rings. The van der Waals surface area contributed by atoms with Crippen LogP contribution in [0.5, 0.6) is 0 Å². The summed E-state index contributed by atoms with van der Waals surface area (Å²) in [7, 11) is 0. The number of alkyl halides is 3. The van der Waals surface area contributed by atoms with Crippen LogP contribution >= 0.6 is 0 Å². The van der Waals surface area contributed by atoms with E-state index in [2.05, 4.69) is 6.58 Å². The minimum absolute atomic E-state index is 0.0700. The molecular formula is C12H18F4.